The van der Waals surface area contributed by atoms with Crippen molar-refractivity contribution in [1.82, 2.24) is 15.0 Å². The zero-order chi connectivity index (χ0) is 26.5. The lowest BCUT2D eigenvalue weighted by molar-refractivity contribution is -0.139. The molecule has 3 heterocycles. The van der Waals surface area contributed by atoms with E-state index in [1.165, 1.54) is 17.0 Å². The fourth-order valence-electron chi connectivity index (χ4n) is 5.07. The van der Waals surface area contributed by atoms with Gasteiger partial charge in [0, 0.05) is 48.2 Å². The van der Waals surface area contributed by atoms with Gasteiger partial charge in [-0.15, -0.1) is 0 Å². The lowest BCUT2D eigenvalue weighted by atomic mass is 9.90. The minimum atomic E-state index is -1.26. The van der Waals surface area contributed by atoms with Crippen molar-refractivity contribution < 1.29 is 38.3 Å². The molecule has 2 fully saturated rings. The number of carboxylic acids is 2. The number of hydrogen-bond acceptors (Lipinski definition) is 7. The number of carbonyl (C=O) groups is 4. The monoisotopic (exact) mass is 513 g/mol. The smallest absolute Gasteiger partial charge is 0.328 e. The van der Waals surface area contributed by atoms with E-state index in [4.69, 9.17) is 14.7 Å². The van der Waals surface area contributed by atoms with Gasteiger partial charge in [0.2, 0.25) is 5.91 Å². The molecule has 0 spiro atoms. The number of carbonyl (C=O) groups excluding carboxylic acids is 2. The van der Waals surface area contributed by atoms with E-state index >= 15 is 0 Å². The van der Waals surface area contributed by atoms with Gasteiger partial charge < -0.3 is 19.6 Å². The molecule has 0 saturated carbocycles. The van der Waals surface area contributed by atoms with Crippen LogP contribution in [-0.2, 0) is 19.2 Å². The molecule has 2 aliphatic heterocycles. The van der Waals surface area contributed by atoms with Crippen molar-refractivity contribution in [2.24, 2.45) is 5.92 Å². The second-order valence-corrected chi connectivity index (χ2v) is 9.27. The summed E-state index contributed by atoms with van der Waals surface area (Å²) in [6.45, 7) is 2.92. The molecule has 0 radical (unpaired) electrons. The Labute approximate surface area is 212 Å². The molecule has 2 aromatic rings. The Bertz CT molecular complexity index is 1240. The first-order valence-electron chi connectivity index (χ1n) is 12.2. The molecule has 5 rings (SSSR count). The highest BCUT2D eigenvalue weighted by atomic mass is 19.1. The molecule has 2 saturated heterocycles. The highest BCUT2D eigenvalue weighted by molar-refractivity contribution is 6.15. The summed E-state index contributed by atoms with van der Waals surface area (Å²) in [6, 6.07) is 4.55. The summed E-state index contributed by atoms with van der Waals surface area (Å²) < 4.78 is 18.7. The molecule has 37 heavy (non-hydrogen) atoms. The van der Waals surface area contributed by atoms with E-state index in [0.717, 1.165) is 56.3 Å². The van der Waals surface area contributed by atoms with Crippen LogP contribution in [0.4, 0.5) is 4.39 Å². The van der Waals surface area contributed by atoms with Crippen LogP contribution in [0.15, 0.2) is 46.5 Å². The number of amides is 2. The number of nitrogens with zero attached hydrogens (tertiary/aromatic N) is 3. The molecule has 1 aromatic heterocycles. The number of piperidine rings is 1. The molecule has 196 valence electrons. The molecule has 10 nitrogen and oxygen atoms in total. The van der Waals surface area contributed by atoms with E-state index in [2.05, 4.69) is 10.1 Å². The number of allylic oxidation sites excluding steroid dienone is 1. The standard InChI is InChI=1S/C22H24FN3O3.C4H4O4/c23-15-5-6-18-19(13-15)29-24-20(18)14-7-9-25(10-8-14)11-12-26-21(27)16-3-1-2-4-17(16)22(26)28;5-3(6)1-2-4(7)8/h3,5-6,13-14,17H,1-2,4,7-12H2;1-2H,(H,5,6)(H,7,8). The zero-order valence-corrected chi connectivity index (χ0v) is 20.1. The Kier molecular flexibility index (Phi) is 8.12. The molecule has 11 heteroatoms. The number of likely N-dealkylation sites (tertiary alicyclic amines) is 2. The summed E-state index contributed by atoms with van der Waals surface area (Å²) in [5.74, 6) is -2.86. The molecule has 2 N–H and O–H groups in total. The lowest BCUT2D eigenvalue weighted by Gasteiger charge is -2.32. The Morgan fingerprint density at radius 1 is 1.08 bits per heavy atom. The Morgan fingerprint density at radius 2 is 1.78 bits per heavy atom. The number of halogens is 1. The third kappa shape index (κ3) is 6.11. The average molecular weight is 514 g/mol. The number of aliphatic carboxylic acids is 2. The summed E-state index contributed by atoms with van der Waals surface area (Å²) in [5, 5.41) is 20.7. The van der Waals surface area contributed by atoms with Crippen molar-refractivity contribution in [2.75, 3.05) is 26.2 Å². The van der Waals surface area contributed by atoms with Crippen LogP contribution in [0.1, 0.15) is 43.7 Å². The van der Waals surface area contributed by atoms with Gasteiger partial charge in [-0.3, -0.25) is 14.5 Å². The molecule has 1 unspecified atom stereocenters. The molecule has 1 aromatic carbocycles. The van der Waals surface area contributed by atoms with Crippen LogP contribution in [-0.4, -0.2) is 75.1 Å². The quantitative estimate of drug-likeness (QED) is 0.440. The minimum absolute atomic E-state index is 0.0165. The van der Waals surface area contributed by atoms with E-state index < -0.39 is 11.9 Å². The first-order chi connectivity index (χ1) is 17.7. The van der Waals surface area contributed by atoms with Gasteiger partial charge in [-0.05, 0) is 57.3 Å². The average Bonchev–Trinajstić information content (AvgIpc) is 3.41. The van der Waals surface area contributed by atoms with Crippen LogP contribution in [0, 0.1) is 11.7 Å². The predicted octanol–water partition coefficient (Wildman–Crippen LogP) is 2.95. The maximum Gasteiger partial charge on any atom is 0.328 e. The molecular formula is C26H28FN3O7. The molecule has 3 aliphatic rings. The van der Waals surface area contributed by atoms with Gasteiger partial charge in [-0.25, -0.2) is 14.0 Å². The molecular weight excluding hydrogens is 485 g/mol. The number of imide groups is 1. The number of aromatic nitrogens is 1. The molecule has 0 bridgehead atoms. The third-order valence-electron chi connectivity index (χ3n) is 6.94. The molecule has 1 aliphatic carbocycles. The van der Waals surface area contributed by atoms with E-state index in [-0.39, 0.29) is 29.5 Å². The van der Waals surface area contributed by atoms with Gasteiger partial charge in [-0.2, -0.15) is 0 Å². The highest BCUT2D eigenvalue weighted by Crippen LogP contribution is 2.35. The largest absolute Gasteiger partial charge is 0.478 e. The lowest BCUT2D eigenvalue weighted by Crippen LogP contribution is -2.41. The summed E-state index contributed by atoms with van der Waals surface area (Å²) in [7, 11) is 0. The Morgan fingerprint density at radius 3 is 2.43 bits per heavy atom. The van der Waals surface area contributed by atoms with Crippen LogP contribution in [0.25, 0.3) is 11.0 Å². The van der Waals surface area contributed by atoms with Crippen molar-refractivity contribution in [1.29, 1.82) is 0 Å². The predicted molar refractivity (Wildman–Crippen MR) is 129 cm³/mol. The number of fused-ring (bicyclic) bond motifs is 2. The second-order valence-electron chi connectivity index (χ2n) is 9.27. The van der Waals surface area contributed by atoms with Crippen molar-refractivity contribution in [2.45, 2.75) is 38.0 Å². The number of rotatable bonds is 6. The number of carboxylic acid groups (broad SMARTS) is 2. The Hall–Kier alpha value is -3.86. The highest BCUT2D eigenvalue weighted by Gasteiger charge is 2.43. The van der Waals surface area contributed by atoms with E-state index in [1.807, 2.05) is 6.08 Å². The van der Waals surface area contributed by atoms with Crippen LogP contribution in [0.2, 0.25) is 0 Å². The van der Waals surface area contributed by atoms with E-state index in [9.17, 15) is 23.6 Å². The fraction of sp³-hybridized carbons (Fsp3) is 0.423. The summed E-state index contributed by atoms with van der Waals surface area (Å²) >= 11 is 0. The van der Waals surface area contributed by atoms with Gasteiger partial charge in [0.25, 0.3) is 5.91 Å². The van der Waals surface area contributed by atoms with Gasteiger partial charge in [0.05, 0.1) is 11.6 Å². The van der Waals surface area contributed by atoms with Crippen LogP contribution >= 0.6 is 0 Å². The minimum Gasteiger partial charge on any atom is -0.478 e. The van der Waals surface area contributed by atoms with Gasteiger partial charge in [-0.1, -0.05) is 11.2 Å². The molecule has 2 amide bonds. The van der Waals surface area contributed by atoms with E-state index in [0.29, 0.717) is 36.4 Å². The van der Waals surface area contributed by atoms with E-state index in [1.54, 1.807) is 6.07 Å². The number of hydrogen-bond donors (Lipinski definition) is 2. The summed E-state index contributed by atoms with van der Waals surface area (Å²) in [6.07, 6.45) is 7.60. The Balaban J connectivity index is 0.000000349. The third-order valence-corrected chi connectivity index (χ3v) is 6.94. The van der Waals surface area contributed by atoms with Gasteiger partial charge >= 0.3 is 11.9 Å². The van der Waals surface area contributed by atoms with Crippen molar-refractivity contribution >= 4 is 34.7 Å². The van der Waals surface area contributed by atoms with Crippen molar-refractivity contribution in [3.05, 3.63) is 53.5 Å². The van der Waals surface area contributed by atoms with Gasteiger partial charge in [0.15, 0.2) is 5.58 Å². The first kappa shape index (κ1) is 26.2. The van der Waals surface area contributed by atoms with Crippen LogP contribution in [0.3, 0.4) is 0 Å². The van der Waals surface area contributed by atoms with Crippen molar-refractivity contribution in [3.63, 3.8) is 0 Å². The first-order valence-corrected chi connectivity index (χ1v) is 12.2. The molecule has 1 atom stereocenters. The summed E-state index contributed by atoms with van der Waals surface area (Å²) in [5.41, 5.74) is 2.11. The number of benzene rings is 1. The fourth-order valence-corrected chi connectivity index (χ4v) is 5.07. The van der Waals surface area contributed by atoms with Crippen LogP contribution < -0.4 is 0 Å². The summed E-state index contributed by atoms with van der Waals surface area (Å²) in [4.78, 5) is 48.0. The maximum absolute atomic E-state index is 13.4. The maximum atomic E-state index is 13.4. The SMILES string of the molecule is O=C(O)C=CC(=O)O.O=C1C2=CCCCC2C(=O)N1CCN1CCC(c2noc3cc(F)ccc23)CC1. The topological polar surface area (TPSA) is 141 Å². The normalized spacial score (nSPS) is 20.6. The zero-order valence-electron chi connectivity index (χ0n) is 20.1. The second kappa shape index (κ2) is 11.5. The van der Waals surface area contributed by atoms with Crippen molar-refractivity contribution in [3.8, 4) is 0 Å². The van der Waals surface area contributed by atoms with Gasteiger partial charge in [0.1, 0.15) is 5.82 Å². The van der Waals surface area contributed by atoms with Crippen LogP contribution in [0.5, 0.6) is 0 Å².